The molecule has 0 aliphatic carbocycles. The van der Waals surface area contributed by atoms with Crippen molar-refractivity contribution in [1.82, 2.24) is 0 Å². The van der Waals surface area contributed by atoms with Gasteiger partial charge in [-0.3, -0.25) is 0 Å². The molecule has 2 nitrogen and oxygen atoms in total. The van der Waals surface area contributed by atoms with Gasteiger partial charge in [-0.25, -0.2) is 4.79 Å². The first-order valence-corrected chi connectivity index (χ1v) is 4.60. The fourth-order valence-corrected chi connectivity index (χ4v) is 1.19. The van der Waals surface area contributed by atoms with E-state index in [1.54, 1.807) is 6.08 Å². The second kappa shape index (κ2) is 4.61. The molecule has 0 atom stereocenters. The minimum atomic E-state index is -0.917. The fraction of sp³-hybridized carbons (Fsp3) is 0.250. The molecule has 1 rings (SSSR count). The lowest BCUT2D eigenvalue weighted by Crippen LogP contribution is -1.88. The number of hydrogen-bond acceptors (Lipinski definition) is 1. The van der Waals surface area contributed by atoms with E-state index < -0.39 is 5.97 Å². The van der Waals surface area contributed by atoms with Crippen LogP contribution in [-0.2, 0) is 4.79 Å². The molecule has 0 saturated heterocycles. The van der Waals surface area contributed by atoms with Crippen LogP contribution in [-0.4, -0.2) is 11.1 Å². The van der Waals surface area contributed by atoms with E-state index >= 15 is 0 Å². The van der Waals surface area contributed by atoms with Crippen LogP contribution in [0.3, 0.4) is 0 Å². The standard InChI is InChI=1S/C12H14O2/c1-9(2)11-5-3-4-10(8-11)6-7-12(13)14/h3-9H,1-2H3,(H,13,14)/b7-6+. The van der Waals surface area contributed by atoms with Gasteiger partial charge in [0.1, 0.15) is 0 Å². The van der Waals surface area contributed by atoms with Crippen molar-refractivity contribution in [3.05, 3.63) is 41.5 Å². The Morgan fingerprint density at radius 3 is 2.71 bits per heavy atom. The van der Waals surface area contributed by atoms with Crippen molar-refractivity contribution in [2.75, 3.05) is 0 Å². The van der Waals surface area contributed by atoms with Gasteiger partial charge in [-0.2, -0.15) is 0 Å². The third kappa shape index (κ3) is 3.05. The molecule has 0 amide bonds. The Labute approximate surface area is 83.9 Å². The lowest BCUT2D eigenvalue weighted by atomic mass is 10.0. The summed E-state index contributed by atoms with van der Waals surface area (Å²) in [4.78, 5) is 10.3. The number of carboxylic acids is 1. The second-order valence-corrected chi connectivity index (χ2v) is 3.50. The Morgan fingerprint density at radius 2 is 2.14 bits per heavy atom. The summed E-state index contributed by atoms with van der Waals surface area (Å²) < 4.78 is 0. The van der Waals surface area contributed by atoms with E-state index in [1.807, 2.05) is 24.3 Å². The molecule has 0 radical (unpaired) electrons. The number of carbonyl (C=O) groups is 1. The highest BCUT2D eigenvalue weighted by molar-refractivity contribution is 5.85. The second-order valence-electron chi connectivity index (χ2n) is 3.50. The zero-order chi connectivity index (χ0) is 10.6. The molecule has 2 heteroatoms. The highest BCUT2D eigenvalue weighted by Gasteiger charge is 1.98. The maximum Gasteiger partial charge on any atom is 0.328 e. The molecule has 1 aromatic carbocycles. The van der Waals surface area contributed by atoms with Crippen LogP contribution in [0.1, 0.15) is 30.9 Å². The molecule has 0 spiro atoms. The van der Waals surface area contributed by atoms with Crippen LogP contribution in [0.5, 0.6) is 0 Å². The van der Waals surface area contributed by atoms with Gasteiger partial charge in [-0.05, 0) is 23.1 Å². The summed E-state index contributed by atoms with van der Waals surface area (Å²) in [5, 5.41) is 8.47. The normalized spacial score (nSPS) is 11.1. The van der Waals surface area contributed by atoms with Crippen LogP contribution in [0, 0.1) is 0 Å². The van der Waals surface area contributed by atoms with Gasteiger partial charge in [0, 0.05) is 6.08 Å². The van der Waals surface area contributed by atoms with E-state index in [4.69, 9.17) is 5.11 Å². The highest BCUT2D eigenvalue weighted by atomic mass is 16.4. The quantitative estimate of drug-likeness (QED) is 0.744. The number of aliphatic carboxylic acids is 1. The molecule has 1 aromatic rings. The van der Waals surface area contributed by atoms with Crippen molar-refractivity contribution in [3.63, 3.8) is 0 Å². The third-order valence-corrected chi connectivity index (χ3v) is 2.00. The highest BCUT2D eigenvalue weighted by Crippen LogP contribution is 2.16. The van der Waals surface area contributed by atoms with E-state index in [-0.39, 0.29) is 0 Å². The summed E-state index contributed by atoms with van der Waals surface area (Å²) in [6, 6.07) is 7.88. The van der Waals surface area contributed by atoms with Crippen LogP contribution in [0.25, 0.3) is 6.08 Å². The van der Waals surface area contributed by atoms with Crippen LogP contribution >= 0.6 is 0 Å². The summed E-state index contributed by atoms with van der Waals surface area (Å²) in [6.45, 7) is 4.22. The summed E-state index contributed by atoms with van der Waals surface area (Å²) in [7, 11) is 0. The molecule has 0 heterocycles. The van der Waals surface area contributed by atoms with E-state index in [2.05, 4.69) is 13.8 Å². The monoisotopic (exact) mass is 190 g/mol. The van der Waals surface area contributed by atoms with E-state index in [0.29, 0.717) is 5.92 Å². The predicted molar refractivity (Wildman–Crippen MR) is 57.2 cm³/mol. The Bertz CT molecular complexity index is 351. The minimum Gasteiger partial charge on any atom is -0.478 e. The Kier molecular flexibility index (Phi) is 3.46. The third-order valence-electron chi connectivity index (χ3n) is 2.00. The molecule has 0 aromatic heterocycles. The van der Waals surface area contributed by atoms with Crippen molar-refractivity contribution in [2.45, 2.75) is 19.8 Å². The molecular formula is C12H14O2. The fourth-order valence-electron chi connectivity index (χ4n) is 1.19. The molecule has 0 aliphatic rings. The molecule has 0 fully saturated rings. The summed E-state index contributed by atoms with van der Waals surface area (Å²) in [6.07, 6.45) is 2.76. The lowest BCUT2D eigenvalue weighted by Gasteiger charge is -2.05. The Morgan fingerprint density at radius 1 is 1.43 bits per heavy atom. The summed E-state index contributed by atoms with van der Waals surface area (Å²) >= 11 is 0. The molecule has 1 N–H and O–H groups in total. The predicted octanol–water partition coefficient (Wildman–Crippen LogP) is 2.91. The van der Waals surface area contributed by atoms with Gasteiger partial charge in [0.2, 0.25) is 0 Å². The van der Waals surface area contributed by atoms with Crippen LogP contribution < -0.4 is 0 Å². The van der Waals surface area contributed by atoms with E-state index in [9.17, 15) is 4.79 Å². The molecule has 0 aliphatic heterocycles. The zero-order valence-electron chi connectivity index (χ0n) is 8.40. The largest absolute Gasteiger partial charge is 0.478 e. The first kappa shape index (κ1) is 10.5. The number of rotatable bonds is 3. The molecular weight excluding hydrogens is 176 g/mol. The maximum atomic E-state index is 10.3. The zero-order valence-corrected chi connectivity index (χ0v) is 8.40. The molecule has 0 bridgehead atoms. The Balaban J connectivity index is 2.89. The molecule has 14 heavy (non-hydrogen) atoms. The van der Waals surface area contributed by atoms with E-state index in [1.165, 1.54) is 5.56 Å². The van der Waals surface area contributed by atoms with Gasteiger partial charge in [-0.1, -0.05) is 38.1 Å². The van der Waals surface area contributed by atoms with Crippen LogP contribution in [0.2, 0.25) is 0 Å². The van der Waals surface area contributed by atoms with Gasteiger partial charge < -0.3 is 5.11 Å². The van der Waals surface area contributed by atoms with Crippen molar-refractivity contribution in [2.24, 2.45) is 0 Å². The van der Waals surface area contributed by atoms with Crippen molar-refractivity contribution < 1.29 is 9.90 Å². The first-order chi connectivity index (χ1) is 6.59. The van der Waals surface area contributed by atoms with Gasteiger partial charge in [0.25, 0.3) is 0 Å². The Hall–Kier alpha value is -1.57. The maximum absolute atomic E-state index is 10.3. The molecule has 0 saturated carbocycles. The van der Waals surface area contributed by atoms with Crippen molar-refractivity contribution in [3.8, 4) is 0 Å². The molecule has 0 unspecified atom stereocenters. The molecule has 74 valence electrons. The van der Waals surface area contributed by atoms with Gasteiger partial charge >= 0.3 is 5.97 Å². The smallest absolute Gasteiger partial charge is 0.328 e. The minimum absolute atomic E-state index is 0.466. The van der Waals surface area contributed by atoms with Gasteiger partial charge in [0.15, 0.2) is 0 Å². The SMILES string of the molecule is CC(C)c1cccc(/C=C/C(=O)O)c1. The number of carboxylic acid groups (broad SMARTS) is 1. The number of hydrogen-bond donors (Lipinski definition) is 1. The number of benzene rings is 1. The first-order valence-electron chi connectivity index (χ1n) is 4.60. The van der Waals surface area contributed by atoms with Gasteiger partial charge in [-0.15, -0.1) is 0 Å². The average molecular weight is 190 g/mol. The van der Waals surface area contributed by atoms with Gasteiger partial charge in [0.05, 0.1) is 0 Å². The lowest BCUT2D eigenvalue weighted by molar-refractivity contribution is -0.131. The summed E-state index contributed by atoms with van der Waals surface area (Å²) in [5.41, 5.74) is 2.15. The average Bonchev–Trinajstić information content (AvgIpc) is 2.15. The summed E-state index contributed by atoms with van der Waals surface area (Å²) in [5.74, 6) is -0.451. The van der Waals surface area contributed by atoms with Crippen molar-refractivity contribution >= 4 is 12.0 Å². The topological polar surface area (TPSA) is 37.3 Å². The van der Waals surface area contributed by atoms with Crippen molar-refractivity contribution in [1.29, 1.82) is 0 Å². The van der Waals surface area contributed by atoms with E-state index in [0.717, 1.165) is 11.6 Å². The van der Waals surface area contributed by atoms with Crippen LogP contribution in [0.4, 0.5) is 0 Å². The van der Waals surface area contributed by atoms with Crippen LogP contribution in [0.15, 0.2) is 30.3 Å².